The summed E-state index contributed by atoms with van der Waals surface area (Å²) in [5.74, 6) is -0.747. The Morgan fingerprint density at radius 1 is 1.13 bits per heavy atom. The highest BCUT2D eigenvalue weighted by atomic mass is 16.8. The third kappa shape index (κ3) is 3.57. The van der Waals surface area contributed by atoms with Gasteiger partial charge in [0.15, 0.2) is 12.1 Å². The van der Waals surface area contributed by atoms with Crippen LogP contribution in [0.25, 0.3) is 0 Å². The third-order valence-electron chi connectivity index (χ3n) is 4.13. The van der Waals surface area contributed by atoms with Gasteiger partial charge in [-0.05, 0) is 19.4 Å². The molecule has 3 rings (SSSR count). The van der Waals surface area contributed by atoms with Crippen molar-refractivity contribution >= 4 is 0 Å². The number of hydrogen-bond acceptors (Lipinski definition) is 6. The Bertz CT molecular complexity index is 505. The van der Waals surface area contributed by atoms with E-state index < -0.39 is 24.3 Å². The minimum Gasteiger partial charge on any atom is -0.394 e. The fourth-order valence-corrected chi connectivity index (χ4v) is 3.12. The summed E-state index contributed by atoms with van der Waals surface area (Å²) >= 11 is 0. The Kier molecular flexibility index (Phi) is 5.01. The first-order chi connectivity index (χ1) is 11.0. The first-order valence-corrected chi connectivity index (χ1v) is 7.84. The second-order valence-electron chi connectivity index (χ2n) is 6.29. The van der Waals surface area contributed by atoms with Crippen molar-refractivity contribution in [1.29, 1.82) is 0 Å². The molecule has 128 valence electrons. The summed E-state index contributed by atoms with van der Waals surface area (Å²) in [6.45, 7) is 3.95. The lowest BCUT2D eigenvalue weighted by Gasteiger charge is -2.40. The van der Waals surface area contributed by atoms with E-state index in [0.717, 1.165) is 5.56 Å². The molecule has 0 saturated carbocycles. The van der Waals surface area contributed by atoms with Gasteiger partial charge in [0.05, 0.1) is 13.2 Å². The molecule has 2 fully saturated rings. The highest BCUT2D eigenvalue weighted by molar-refractivity contribution is 5.13. The van der Waals surface area contributed by atoms with Crippen LogP contribution in [0.15, 0.2) is 30.3 Å². The number of aliphatic hydroxyl groups is 1. The molecule has 0 aromatic heterocycles. The maximum Gasteiger partial charge on any atom is 0.186 e. The number of fused-ring (bicyclic) bond motifs is 1. The summed E-state index contributed by atoms with van der Waals surface area (Å²) in [6.07, 6.45) is -2.29. The van der Waals surface area contributed by atoms with Gasteiger partial charge in [0.25, 0.3) is 0 Å². The van der Waals surface area contributed by atoms with E-state index in [2.05, 4.69) is 0 Å². The highest BCUT2D eigenvalue weighted by Crippen LogP contribution is 2.38. The molecule has 2 aliphatic heterocycles. The average molecular weight is 324 g/mol. The van der Waals surface area contributed by atoms with Crippen molar-refractivity contribution < 1.29 is 28.8 Å². The Balaban J connectivity index is 1.76. The molecule has 2 saturated heterocycles. The van der Waals surface area contributed by atoms with Crippen molar-refractivity contribution in [3.05, 3.63) is 35.9 Å². The molecular formula is C17H24O6. The van der Waals surface area contributed by atoms with Crippen LogP contribution in [-0.2, 0) is 30.3 Å². The van der Waals surface area contributed by atoms with Crippen LogP contribution in [-0.4, -0.2) is 55.3 Å². The fraction of sp³-hybridized carbons (Fsp3) is 0.647. The van der Waals surface area contributed by atoms with Crippen molar-refractivity contribution in [2.45, 2.75) is 56.9 Å². The van der Waals surface area contributed by atoms with E-state index in [0.29, 0.717) is 6.61 Å². The number of methoxy groups -OCH3 is 1. The van der Waals surface area contributed by atoms with E-state index in [1.807, 2.05) is 44.2 Å². The first-order valence-electron chi connectivity index (χ1n) is 7.84. The summed E-state index contributed by atoms with van der Waals surface area (Å²) in [5.41, 5.74) is 1.06. The number of benzene rings is 1. The zero-order valence-corrected chi connectivity index (χ0v) is 13.7. The molecule has 2 heterocycles. The molecule has 2 aliphatic rings. The topological polar surface area (TPSA) is 66.4 Å². The van der Waals surface area contributed by atoms with Crippen LogP contribution in [0.3, 0.4) is 0 Å². The molecule has 6 nitrogen and oxygen atoms in total. The van der Waals surface area contributed by atoms with E-state index in [1.165, 1.54) is 0 Å². The van der Waals surface area contributed by atoms with Gasteiger partial charge in [0.1, 0.15) is 24.4 Å². The maximum absolute atomic E-state index is 9.56. The molecule has 1 aromatic rings. The van der Waals surface area contributed by atoms with Gasteiger partial charge in [0, 0.05) is 7.11 Å². The maximum atomic E-state index is 9.56. The zero-order chi connectivity index (χ0) is 16.4. The molecule has 6 heteroatoms. The molecule has 0 aliphatic carbocycles. The number of ether oxygens (including phenoxy) is 5. The predicted octanol–water partition coefficient (Wildman–Crippen LogP) is 1.46. The quantitative estimate of drug-likeness (QED) is 0.884. The minimum atomic E-state index is -0.747. The molecular weight excluding hydrogens is 300 g/mol. The molecule has 23 heavy (non-hydrogen) atoms. The Morgan fingerprint density at radius 3 is 2.48 bits per heavy atom. The van der Waals surface area contributed by atoms with Crippen molar-refractivity contribution in [3.8, 4) is 0 Å². The van der Waals surface area contributed by atoms with Crippen molar-refractivity contribution in [2.24, 2.45) is 0 Å². The molecule has 0 spiro atoms. The summed E-state index contributed by atoms with van der Waals surface area (Å²) in [5, 5.41) is 9.56. The van der Waals surface area contributed by atoms with Crippen LogP contribution in [0.2, 0.25) is 0 Å². The molecule has 1 aromatic carbocycles. The van der Waals surface area contributed by atoms with Gasteiger partial charge in [0.2, 0.25) is 0 Å². The lowest BCUT2D eigenvalue weighted by atomic mass is 9.99. The number of hydrogen-bond donors (Lipinski definition) is 1. The Morgan fingerprint density at radius 2 is 1.83 bits per heavy atom. The van der Waals surface area contributed by atoms with Gasteiger partial charge in [-0.15, -0.1) is 0 Å². The van der Waals surface area contributed by atoms with E-state index in [9.17, 15) is 5.11 Å². The van der Waals surface area contributed by atoms with E-state index in [1.54, 1.807) is 7.11 Å². The Hall–Kier alpha value is -1.02. The van der Waals surface area contributed by atoms with Gasteiger partial charge < -0.3 is 28.8 Å². The largest absolute Gasteiger partial charge is 0.394 e. The van der Waals surface area contributed by atoms with Gasteiger partial charge in [-0.2, -0.15) is 0 Å². The lowest BCUT2D eigenvalue weighted by molar-refractivity contribution is -0.286. The standard InChI is InChI=1S/C17H24O6/c1-17(2)22-13-12(9-18)21-16(19-3)15(14(13)23-17)20-10-11-7-5-4-6-8-11/h4-8,12-16,18H,9-10H2,1-3H3/t12-,13+,14+,15-,16+/m1/s1. The molecule has 5 atom stereocenters. The van der Waals surface area contributed by atoms with Gasteiger partial charge in [-0.25, -0.2) is 0 Å². The molecule has 1 N–H and O–H groups in total. The van der Waals surface area contributed by atoms with Crippen molar-refractivity contribution in [1.82, 2.24) is 0 Å². The van der Waals surface area contributed by atoms with Crippen LogP contribution >= 0.6 is 0 Å². The second kappa shape index (κ2) is 6.84. The van der Waals surface area contributed by atoms with Gasteiger partial charge in [-0.3, -0.25) is 0 Å². The number of aliphatic hydroxyl groups excluding tert-OH is 1. The SMILES string of the molecule is CO[C@H]1O[C@H](CO)[C@@H]2OC(C)(C)O[C@@H]2[C@H]1OCc1ccccc1. The summed E-state index contributed by atoms with van der Waals surface area (Å²) in [4.78, 5) is 0. The molecule has 0 amide bonds. The van der Waals surface area contributed by atoms with E-state index in [4.69, 9.17) is 23.7 Å². The summed E-state index contributed by atoms with van der Waals surface area (Å²) in [6, 6.07) is 9.88. The highest BCUT2D eigenvalue weighted by Gasteiger charge is 2.55. The van der Waals surface area contributed by atoms with E-state index >= 15 is 0 Å². The van der Waals surface area contributed by atoms with Gasteiger partial charge >= 0.3 is 0 Å². The normalized spacial score (nSPS) is 35.9. The van der Waals surface area contributed by atoms with Crippen molar-refractivity contribution in [3.63, 3.8) is 0 Å². The monoisotopic (exact) mass is 324 g/mol. The predicted molar refractivity (Wildman–Crippen MR) is 81.6 cm³/mol. The van der Waals surface area contributed by atoms with Crippen molar-refractivity contribution in [2.75, 3.05) is 13.7 Å². The lowest BCUT2D eigenvalue weighted by Crippen LogP contribution is -2.58. The fourth-order valence-electron chi connectivity index (χ4n) is 3.12. The van der Waals surface area contributed by atoms with Crippen LogP contribution in [0, 0.1) is 0 Å². The van der Waals surface area contributed by atoms with Crippen LogP contribution in [0.5, 0.6) is 0 Å². The minimum absolute atomic E-state index is 0.161. The smallest absolute Gasteiger partial charge is 0.186 e. The van der Waals surface area contributed by atoms with Crippen LogP contribution in [0.1, 0.15) is 19.4 Å². The molecule has 0 unspecified atom stereocenters. The first kappa shape index (κ1) is 16.8. The Labute approximate surface area is 136 Å². The van der Waals surface area contributed by atoms with E-state index in [-0.39, 0.29) is 18.8 Å². The zero-order valence-electron chi connectivity index (χ0n) is 13.7. The van der Waals surface area contributed by atoms with Crippen LogP contribution in [0.4, 0.5) is 0 Å². The average Bonchev–Trinajstić information content (AvgIpc) is 2.88. The second-order valence-corrected chi connectivity index (χ2v) is 6.29. The summed E-state index contributed by atoms with van der Waals surface area (Å²) < 4.78 is 29.1. The molecule has 0 radical (unpaired) electrons. The summed E-state index contributed by atoms with van der Waals surface area (Å²) in [7, 11) is 1.55. The third-order valence-corrected chi connectivity index (χ3v) is 4.13. The van der Waals surface area contributed by atoms with Crippen LogP contribution < -0.4 is 0 Å². The van der Waals surface area contributed by atoms with Gasteiger partial charge in [-0.1, -0.05) is 30.3 Å². The number of rotatable bonds is 5. The molecule has 0 bridgehead atoms.